The van der Waals surface area contributed by atoms with Crippen LogP contribution in [0.4, 0.5) is 0 Å². The van der Waals surface area contributed by atoms with E-state index < -0.39 is 0 Å². The van der Waals surface area contributed by atoms with Crippen LogP contribution in [0, 0.1) is 6.92 Å². The molecule has 1 heterocycles. The van der Waals surface area contributed by atoms with Crippen molar-refractivity contribution in [1.82, 2.24) is 0 Å². The number of quaternary nitrogens is 1. The van der Waals surface area contributed by atoms with Crippen LogP contribution >= 0.6 is 0 Å². The molecule has 3 aromatic rings. The van der Waals surface area contributed by atoms with Crippen molar-refractivity contribution in [1.29, 1.82) is 0 Å². The summed E-state index contributed by atoms with van der Waals surface area (Å²) in [5.41, 5.74) is 7.03. The first-order valence-corrected chi connectivity index (χ1v) is 9.44. The zero-order valence-corrected chi connectivity index (χ0v) is 15.5. The Morgan fingerprint density at radius 1 is 0.731 bits per heavy atom. The first-order valence-electron chi connectivity index (χ1n) is 9.44. The molecule has 26 heavy (non-hydrogen) atoms. The zero-order valence-electron chi connectivity index (χ0n) is 15.5. The topological polar surface area (TPSA) is 4.44 Å². The van der Waals surface area contributed by atoms with E-state index in [1.807, 2.05) is 0 Å². The second kappa shape index (κ2) is 7.31. The van der Waals surface area contributed by atoms with Crippen LogP contribution in [0.25, 0.3) is 5.57 Å². The van der Waals surface area contributed by atoms with E-state index in [1.54, 1.807) is 4.90 Å². The molecule has 0 fully saturated rings. The van der Waals surface area contributed by atoms with Gasteiger partial charge in [0.2, 0.25) is 0 Å². The molecule has 1 N–H and O–H groups in total. The molecule has 130 valence electrons. The van der Waals surface area contributed by atoms with Crippen LogP contribution < -0.4 is 4.90 Å². The summed E-state index contributed by atoms with van der Waals surface area (Å²) >= 11 is 0. The highest BCUT2D eigenvalue weighted by atomic mass is 15.2. The van der Waals surface area contributed by atoms with Gasteiger partial charge < -0.3 is 4.90 Å². The molecule has 0 aliphatic carbocycles. The standard InChI is InChI=1S/C25H25N/c1-19-11-9-10-16-23(19)22-17-24(20-12-5-3-6-13-20)26(2)25(18-22)21-14-7-4-8-15-21/h3-17,24-25H,18H2,1-2H3/p+1/t24-,25+/m1/s1. The maximum atomic E-state index is 2.49. The van der Waals surface area contributed by atoms with Crippen LogP contribution in [0.15, 0.2) is 91.0 Å². The van der Waals surface area contributed by atoms with Gasteiger partial charge in [-0.3, -0.25) is 0 Å². The average molecular weight is 340 g/mol. The van der Waals surface area contributed by atoms with Crippen molar-refractivity contribution in [3.8, 4) is 0 Å². The number of benzene rings is 3. The van der Waals surface area contributed by atoms with Gasteiger partial charge >= 0.3 is 0 Å². The van der Waals surface area contributed by atoms with E-state index in [9.17, 15) is 0 Å². The monoisotopic (exact) mass is 340 g/mol. The molecular weight excluding hydrogens is 314 g/mol. The molecule has 1 nitrogen and oxygen atoms in total. The highest BCUT2D eigenvalue weighted by Crippen LogP contribution is 2.34. The number of nitrogens with one attached hydrogen (secondary N) is 1. The molecule has 1 heteroatoms. The Morgan fingerprint density at radius 3 is 1.96 bits per heavy atom. The summed E-state index contributed by atoms with van der Waals surface area (Å²) in [4.78, 5) is 1.54. The van der Waals surface area contributed by atoms with E-state index in [4.69, 9.17) is 0 Å². The smallest absolute Gasteiger partial charge is 0.133 e. The van der Waals surface area contributed by atoms with Crippen LogP contribution in [0.5, 0.6) is 0 Å². The normalized spacial score (nSPS) is 22.7. The van der Waals surface area contributed by atoms with E-state index in [1.165, 1.54) is 27.8 Å². The molecule has 0 aromatic heterocycles. The second-order valence-corrected chi connectivity index (χ2v) is 7.31. The highest BCUT2D eigenvalue weighted by molar-refractivity contribution is 5.70. The van der Waals surface area contributed by atoms with Crippen LogP contribution in [0.3, 0.4) is 0 Å². The fourth-order valence-electron chi connectivity index (χ4n) is 4.22. The average Bonchev–Trinajstić information content (AvgIpc) is 2.70. The van der Waals surface area contributed by atoms with Gasteiger partial charge in [0.15, 0.2) is 0 Å². The molecule has 3 atom stereocenters. The Hall–Kier alpha value is -2.64. The van der Waals surface area contributed by atoms with E-state index in [0.717, 1.165) is 6.42 Å². The Bertz CT molecular complexity index is 896. The SMILES string of the molecule is Cc1ccccc1C1=C[C@H](c2ccccc2)[NH+](C)[C@H](c2ccccc2)C1. The summed E-state index contributed by atoms with van der Waals surface area (Å²) in [6.45, 7) is 2.22. The molecule has 1 aliphatic rings. The minimum atomic E-state index is 0.366. The first kappa shape index (κ1) is 16.8. The van der Waals surface area contributed by atoms with Crippen LogP contribution in [0.2, 0.25) is 0 Å². The maximum absolute atomic E-state index is 2.49. The fourth-order valence-corrected chi connectivity index (χ4v) is 4.22. The van der Waals surface area contributed by atoms with Crippen LogP contribution in [-0.4, -0.2) is 7.05 Å². The lowest BCUT2D eigenvalue weighted by molar-refractivity contribution is -0.937. The predicted molar refractivity (Wildman–Crippen MR) is 109 cm³/mol. The minimum Gasteiger partial charge on any atom is -0.321 e. The van der Waals surface area contributed by atoms with Crippen molar-refractivity contribution in [2.45, 2.75) is 25.4 Å². The Balaban J connectivity index is 1.81. The summed E-state index contributed by atoms with van der Waals surface area (Å²) in [7, 11) is 2.33. The molecule has 0 amide bonds. The van der Waals surface area contributed by atoms with E-state index >= 15 is 0 Å². The zero-order chi connectivity index (χ0) is 17.9. The molecule has 0 saturated heterocycles. The lowest BCUT2D eigenvalue weighted by Crippen LogP contribution is -3.10. The number of hydrogen-bond donors (Lipinski definition) is 1. The number of hydrogen-bond acceptors (Lipinski definition) is 0. The molecule has 0 spiro atoms. The number of aryl methyl sites for hydroxylation is 1. The van der Waals surface area contributed by atoms with Gasteiger partial charge in [-0.2, -0.15) is 0 Å². The lowest BCUT2D eigenvalue weighted by atomic mass is 9.84. The second-order valence-electron chi connectivity index (χ2n) is 7.31. The summed E-state index contributed by atoms with van der Waals surface area (Å²) in [5.74, 6) is 0. The molecule has 0 radical (unpaired) electrons. The summed E-state index contributed by atoms with van der Waals surface area (Å²) in [5, 5.41) is 0. The molecular formula is C25H26N+. The van der Waals surface area contributed by atoms with Crippen molar-refractivity contribution in [2.24, 2.45) is 0 Å². The van der Waals surface area contributed by atoms with E-state index in [0.29, 0.717) is 12.1 Å². The quantitative estimate of drug-likeness (QED) is 0.700. The van der Waals surface area contributed by atoms with E-state index in [2.05, 4.69) is 105 Å². The van der Waals surface area contributed by atoms with Crippen LogP contribution in [0.1, 0.15) is 40.8 Å². The summed E-state index contributed by atoms with van der Waals surface area (Å²) < 4.78 is 0. The lowest BCUT2D eigenvalue weighted by Gasteiger charge is -2.36. The summed E-state index contributed by atoms with van der Waals surface area (Å²) in [6, 6.07) is 31.5. The van der Waals surface area contributed by atoms with Crippen LogP contribution in [-0.2, 0) is 0 Å². The predicted octanol–water partition coefficient (Wildman–Crippen LogP) is 4.78. The largest absolute Gasteiger partial charge is 0.321 e. The molecule has 1 aliphatic heterocycles. The van der Waals surface area contributed by atoms with Gasteiger partial charge in [-0.05, 0) is 29.7 Å². The van der Waals surface area contributed by atoms with Gasteiger partial charge in [0, 0.05) is 17.5 Å². The van der Waals surface area contributed by atoms with Crippen molar-refractivity contribution in [2.75, 3.05) is 7.05 Å². The van der Waals surface area contributed by atoms with Crippen molar-refractivity contribution in [3.05, 3.63) is 113 Å². The van der Waals surface area contributed by atoms with Crippen molar-refractivity contribution >= 4 is 5.57 Å². The Morgan fingerprint density at radius 2 is 1.31 bits per heavy atom. The Kier molecular flexibility index (Phi) is 4.73. The van der Waals surface area contributed by atoms with Gasteiger partial charge in [0.25, 0.3) is 0 Å². The third-order valence-corrected chi connectivity index (χ3v) is 5.68. The Labute approximate surface area is 156 Å². The molecule has 0 saturated carbocycles. The van der Waals surface area contributed by atoms with Gasteiger partial charge in [-0.25, -0.2) is 0 Å². The van der Waals surface area contributed by atoms with E-state index in [-0.39, 0.29) is 0 Å². The number of rotatable bonds is 3. The van der Waals surface area contributed by atoms with Gasteiger partial charge in [-0.15, -0.1) is 0 Å². The third kappa shape index (κ3) is 3.23. The van der Waals surface area contributed by atoms with Gasteiger partial charge in [-0.1, -0.05) is 84.9 Å². The van der Waals surface area contributed by atoms with Crippen molar-refractivity contribution < 1.29 is 4.90 Å². The van der Waals surface area contributed by atoms with Gasteiger partial charge in [0.05, 0.1) is 7.05 Å². The molecule has 0 bridgehead atoms. The van der Waals surface area contributed by atoms with Crippen molar-refractivity contribution in [3.63, 3.8) is 0 Å². The summed E-state index contributed by atoms with van der Waals surface area (Å²) in [6.07, 6.45) is 3.57. The maximum Gasteiger partial charge on any atom is 0.133 e. The fraction of sp³-hybridized carbons (Fsp3) is 0.200. The molecule has 4 rings (SSSR count). The van der Waals surface area contributed by atoms with Gasteiger partial charge in [0.1, 0.15) is 12.1 Å². The minimum absolute atomic E-state index is 0.366. The molecule has 3 aromatic carbocycles. The first-order chi connectivity index (χ1) is 12.7. The third-order valence-electron chi connectivity index (χ3n) is 5.68. The number of likely N-dealkylation sites (N-methyl/N-ethyl adjacent to an activating group) is 1. The highest BCUT2D eigenvalue weighted by Gasteiger charge is 2.34. The molecule has 1 unspecified atom stereocenters.